The molecule has 10 nitrogen and oxygen atoms in total. The Balaban J connectivity index is 2.00. The average Bonchev–Trinajstić information content (AvgIpc) is 2.50. The lowest BCUT2D eigenvalue weighted by atomic mass is 9.88. The largest absolute Gasteiger partial charge is 0.480 e. The molecule has 0 unspecified atom stereocenters. The van der Waals surface area contributed by atoms with Crippen molar-refractivity contribution < 1.29 is 24.5 Å². The van der Waals surface area contributed by atoms with Gasteiger partial charge in [0, 0.05) is 12.3 Å². The van der Waals surface area contributed by atoms with Gasteiger partial charge in [-0.15, -0.1) is 0 Å². The van der Waals surface area contributed by atoms with Crippen LogP contribution in [0.2, 0.25) is 0 Å². The number of hydrogen-bond acceptors (Lipinski definition) is 6. The fourth-order valence-electron chi connectivity index (χ4n) is 2.79. The Bertz CT molecular complexity index is 711. The van der Waals surface area contributed by atoms with E-state index in [1.807, 2.05) is 0 Å². The molecule has 0 radical (unpaired) electrons. The Morgan fingerprint density at radius 2 is 2.08 bits per heavy atom. The quantitative estimate of drug-likeness (QED) is 0.477. The van der Waals surface area contributed by atoms with Gasteiger partial charge in [0.15, 0.2) is 0 Å². The van der Waals surface area contributed by atoms with Crippen molar-refractivity contribution in [3.05, 3.63) is 33.1 Å². The summed E-state index contributed by atoms with van der Waals surface area (Å²) >= 11 is 0. The van der Waals surface area contributed by atoms with Gasteiger partial charge in [-0.2, -0.15) is 0 Å². The summed E-state index contributed by atoms with van der Waals surface area (Å²) in [6.45, 7) is -1.02. The van der Waals surface area contributed by atoms with Gasteiger partial charge in [0.2, 0.25) is 5.91 Å². The number of H-pyrrole nitrogens is 1. The number of aliphatic hydroxyl groups is 1. The van der Waals surface area contributed by atoms with Crippen molar-refractivity contribution in [3.8, 4) is 0 Å². The SMILES string of the molecule is O=C(O)COCC(=O)N[C@H]1CCC[C@H](n2ccc(=O)[nH]c2=O)[C@H]1O. The number of carboxylic acid groups (broad SMARTS) is 1. The molecule has 0 bridgehead atoms. The molecule has 1 aromatic heterocycles. The number of ether oxygens (including phenoxy) is 1. The number of aromatic amines is 1. The Hall–Kier alpha value is -2.46. The molecule has 24 heavy (non-hydrogen) atoms. The van der Waals surface area contributed by atoms with Crippen molar-refractivity contribution in [1.82, 2.24) is 14.9 Å². The highest BCUT2D eigenvalue weighted by atomic mass is 16.5. The maximum absolute atomic E-state index is 11.9. The van der Waals surface area contributed by atoms with Crippen LogP contribution in [0.15, 0.2) is 21.9 Å². The van der Waals surface area contributed by atoms with Gasteiger partial charge < -0.3 is 20.3 Å². The highest BCUT2D eigenvalue weighted by Gasteiger charge is 2.34. The van der Waals surface area contributed by atoms with Gasteiger partial charge in [-0.3, -0.25) is 19.1 Å². The molecule has 0 aromatic carbocycles. The molecule has 4 N–H and O–H groups in total. The minimum atomic E-state index is -1.18. The Kier molecular flexibility index (Phi) is 5.88. The van der Waals surface area contributed by atoms with Crippen LogP contribution in [0.25, 0.3) is 0 Å². The number of hydrogen-bond donors (Lipinski definition) is 4. The van der Waals surface area contributed by atoms with E-state index in [0.29, 0.717) is 19.3 Å². The fraction of sp³-hybridized carbons (Fsp3) is 0.571. The molecule has 3 atom stereocenters. The lowest BCUT2D eigenvalue weighted by molar-refractivity contribution is -0.143. The van der Waals surface area contributed by atoms with E-state index in [9.17, 15) is 24.3 Å². The smallest absolute Gasteiger partial charge is 0.329 e. The predicted octanol–water partition coefficient (Wildman–Crippen LogP) is -1.79. The summed E-state index contributed by atoms with van der Waals surface area (Å²) < 4.78 is 5.93. The average molecular weight is 341 g/mol. The monoisotopic (exact) mass is 341 g/mol. The molecule has 2 rings (SSSR count). The van der Waals surface area contributed by atoms with Crippen molar-refractivity contribution in [2.75, 3.05) is 13.2 Å². The zero-order valence-electron chi connectivity index (χ0n) is 12.8. The summed E-state index contributed by atoms with van der Waals surface area (Å²) in [5, 5.41) is 21.5. The number of carbonyl (C=O) groups is 2. The maximum Gasteiger partial charge on any atom is 0.329 e. The third kappa shape index (κ3) is 4.52. The van der Waals surface area contributed by atoms with Crippen molar-refractivity contribution in [3.63, 3.8) is 0 Å². The molecule has 0 spiro atoms. The number of carbonyl (C=O) groups excluding carboxylic acids is 1. The molecule has 0 aliphatic heterocycles. The third-order valence-corrected chi connectivity index (χ3v) is 3.84. The lowest BCUT2D eigenvalue weighted by Gasteiger charge is -2.35. The Morgan fingerprint density at radius 3 is 2.75 bits per heavy atom. The van der Waals surface area contributed by atoms with Crippen LogP contribution >= 0.6 is 0 Å². The summed E-state index contributed by atoms with van der Waals surface area (Å²) in [4.78, 5) is 47.2. The van der Waals surface area contributed by atoms with Gasteiger partial charge in [-0.25, -0.2) is 9.59 Å². The van der Waals surface area contributed by atoms with E-state index in [0.717, 1.165) is 0 Å². The van der Waals surface area contributed by atoms with E-state index in [4.69, 9.17) is 5.11 Å². The predicted molar refractivity (Wildman–Crippen MR) is 80.6 cm³/mol. The highest BCUT2D eigenvalue weighted by Crippen LogP contribution is 2.27. The second-order valence-corrected chi connectivity index (χ2v) is 5.57. The lowest BCUT2D eigenvalue weighted by Crippen LogP contribution is -2.52. The first-order valence-corrected chi connectivity index (χ1v) is 7.47. The zero-order chi connectivity index (χ0) is 17.7. The van der Waals surface area contributed by atoms with E-state index >= 15 is 0 Å². The van der Waals surface area contributed by atoms with Crippen molar-refractivity contribution in [2.45, 2.75) is 37.5 Å². The van der Waals surface area contributed by atoms with Gasteiger partial charge in [-0.1, -0.05) is 0 Å². The number of nitrogens with one attached hydrogen (secondary N) is 2. The fourth-order valence-corrected chi connectivity index (χ4v) is 2.79. The van der Waals surface area contributed by atoms with E-state index in [2.05, 4.69) is 15.0 Å². The first kappa shape index (κ1) is 17.9. The van der Waals surface area contributed by atoms with Crippen molar-refractivity contribution >= 4 is 11.9 Å². The van der Waals surface area contributed by atoms with E-state index in [1.165, 1.54) is 16.8 Å². The van der Waals surface area contributed by atoms with Crippen LogP contribution in [0.3, 0.4) is 0 Å². The van der Waals surface area contributed by atoms with Gasteiger partial charge in [0.25, 0.3) is 5.56 Å². The molecule has 132 valence electrons. The molecule has 1 fully saturated rings. The molecular formula is C14H19N3O7. The highest BCUT2D eigenvalue weighted by molar-refractivity contribution is 5.78. The van der Waals surface area contributed by atoms with Crippen LogP contribution in [0.1, 0.15) is 25.3 Å². The number of carboxylic acids is 1. The molecule has 1 amide bonds. The van der Waals surface area contributed by atoms with Crippen LogP contribution in [-0.2, 0) is 14.3 Å². The number of aliphatic carboxylic acids is 1. The van der Waals surface area contributed by atoms with Gasteiger partial charge in [-0.05, 0) is 19.3 Å². The summed E-state index contributed by atoms with van der Waals surface area (Å²) in [6.07, 6.45) is 1.99. The second-order valence-electron chi connectivity index (χ2n) is 5.57. The van der Waals surface area contributed by atoms with Gasteiger partial charge in [0.05, 0.1) is 18.2 Å². The van der Waals surface area contributed by atoms with Gasteiger partial charge >= 0.3 is 11.7 Å². The standard InChI is InChI=1S/C14H19N3O7/c18-10-4-5-17(14(23)16-10)9-3-1-2-8(13(9)22)15-11(19)6-24-7-12(20)21/h4-5,8-9,13,22H,1-3,6-7H2,(H,15,19)(H,20,21)(H,16,18,23)/t8-,9-,13-/m0/s1. The normalized spacial score (nSPS) is 23.6. The van der Waals surface area contributed by atoms with E-state index < -0.39 is 54.5 Å². The number of amides is 1. The van der Waals surface area contributed by atoms with E-state index in [-0.39, 0.29) is 0 Å². The van der Waals surface area contributed by atoms with Crippen LogP contribution in [0, 0.1) is 0 Å². The van der Waals surface area contributed by atoms with Crippen LogP contribution < -0.4 is 16.6 Å². The number of aromatic nitrogens is 2. The first-order valence-electron chi connectivity index (χ1n) is 7.47. The van der Waals surface area contributed by atoms with Gasteiger partial charge in [0.1, 0.15) is 13.2 Å². The molecule has 1 heterocycles. The number of aliphatic hydroxyl groups excluding tert-OH is 1. The summed E-state index contributed by atoms with van der Waals surface area (Å²) in [7, 11) is 0. The zero-order valence-corrected chi connectivity index (χ0v) is 12.8. The minimum Gasteiger partial charge on any atom is -0.480 e. The third-order valence-electron chi connectivity index (χ3n) is 3.84. The molecule has 1 aliphatic rings. The molecule has 10 heteroatoms. The maximum atomic E-state index is 11.9. The Labute approximate surface area is 136 Å². The molecular weight excluding hydrogens is 322 g/mol. The molecule has 1 saturated carbocycles. The molecule has 1 aromatic rings. The van der Waals surface area contributed by atoms with Crippen LogP contribution in [-0.4, -0.2) is 57.0 Å². The molecule has 1 aliphatic carbocycles. The van der Waals surface area contributed by atoms with E-state index in [1.54, 1.807) is 0 Å². The first-order chi connectivity index (χ1) is 11.4. The van der Waals surface area contributed by atoms with Crippen molar-refractivity contribution in [2.24, 2.45) is 0 Å². The number of rotatable bonds is 6. The number of nitrogens with zero attached hydrogens (tertiary/aromatic N) is 1. The Morgan fingerprint density at radius 1 is 1.33 bits per heavy atom. The summed E-state index contributed by atoms with van der Waals surface area (Å²) in [5.74, 6) is -1.73. The van der Waals surface area contributed by atoms with Crippen LogP contribution in [0.5, 0.6) is 0 Å². The summed E-state index contributed by atoms with van der Waals surface area (Å²) in [5.41, 5.74) is -1.15. The van der Waals surface area contributed by atoms with Crippen molar-refractivity contribution in [1.29, 1.82) is 0 Å². The second kappa shape index (κ2) is 7.88. The minimum absolute atomic E-state index is 0.432. The summed E-state index contributed by atoms with van der Waals surface area (Å²) in [6, 6.07) is 0.0209. The molecule has 0 saturated heterocycles. The topological polar surface area (TPSA) is 151 Å². The van der Waals surface area contributed by atoms with Crippen LogP contribution in [0.4, 0.5) is 0 Å².